The van der Waals surface area contributed by atoms with Crippen LogP contribution in [0, 0.1) is 10.1 Å². The van der Waals surface area contributed by atoms with Gasteiger partial charge in [-0.15, -0.1) is 0 Å². The third kappa shape index (κ3) is 4.06. The molecule has 0 atom stereocenters. The van der Waals surface area contributed by atoms with Gasteiger partial charge in [0, 0.05) is 17.2 Å². The van der Waals surface area contributed by atoms with E-state index < -0.39 is 4.92 Å². The van der Waals surface area contributed by atoms with Crippen LogP contribution in [0.4, 0.5) is 5.69 Å². The molecule has 0 saturated heterocycles. The molecule has 1 N–H and O–H groups in total. The van der Waals surface area contributed by atoms with Gasteiger partial charge in [-0.3, -0.25) is 14.9 Å². The average Bonchev–Trinajstić information content (AvgIpc) is 3.22. The molecule has 8 heteroatoms. The summed E-state index contributed by atoms with van der Waals surface area (Å²) >= 11 is 5.83. The van der Waals surface area contributed by atoms with Crippen molar-refractivity contribution in [2.45, 2.75) is 0 Å². The molecule has 0 bridgehead atoms. The van der Waals surface area contributed by atoms with Crippen LogP contribution in [0.3, 0.4) is 0 Å². The SMILES string of the molecule is O=C(N/N=C\c1ccc(-c2ccc(Cl)c([N+](=O)[O-])c2)o1)c1ccc2ccccc2c1. The number of benzene rings is 3. The summed E-state index contributed by atoms with van der Waals surface area (Å²) in [7, 11) is 0. The first kappa shape index (κ1) is 19.4. The summed E-state index contributed by atoms with van der Waals surface area (Å²) < 4.78 is 5.62. The van der Waals surface area contributed by atoms with Crippen molar-refractivity contribution in [1.82, 2.24) is 5.43 Å². The van der Waals surface area contributed by atoms with Crippen molar-refractivity contribution in [2.75, 3.05) is 0 Å². The molecule has 0 spiro atoms. The van der Waals surface area contributed by atoms with E-state index in [2.05, 4.69) is 10.5 Å². The van der Waals surface area contributed by atoms with Crippen molar-refractivity contribution < 1.29 is 14.1 Å². The lowest BCUT2D eigenvalue weighted by Crippen LogP contribution is -2.17. The number of furan rings is 1. The Hall–Kier alpha value is -3.97. The van der Waals surface area contributed by atoms with Crippen LogP contribution >= 0.6 is 11.6 Å². The minimum Gasteiger partial charge on any atom is -0.455 e. The van der Waals surface area contributed by atoms with Crippen molar-refractivity contribution in [1.29, 1.82) is 0 Å². The highest BCUT2D eigenvalue weighted by Gasteiger charge is 2.15. The van der Waals surface area contributed by atoms with Gasteiger partial charge in [0.1, 0.15) is 16.5 Å². The van der Waals surface area contributed by atoms with Gasteiger partial charge in [0.25, 0.3) is 11.6 Å². The first-order chi connectivity index (χ1) is 14.5. The van der Waals surface area contributed by atoms with E-state index in [1.54, 1.807) is 30.3 Å². The zero-order valence-corrected chi connectivity index (χ0v) is 16.2. The van der Waals surface area contributed by atoms with E-state index in [4.69, 9.17) is 16.0 Å². The number of carbonyl (C=O) groups excluding carboxylic acids is 1. The number of hydrogen-bond acceptors (Lipinski definition) is 5. The monoisotopic (exact) mass is 419 g/mol. The van der Waals surface area contributed by atoms with Gasteiger partial charge in [-0.1, -0.05) is 41.9 Å². The maximum atomic E-state index is 12.3. The molecule has 30 heavy (non-hydrogen) atoms. The summed E-state index contributed by atoms with van der Waals surface area (Å²) in [5.74, 6) is 0.440. The molecule has 1 heterocycles. The highest BCUT2D eigenvalue weighted by Crippen LogP contribution is 2.31. The fraction of sp³-hybridized carbons (Fsp3) is 0. The predicted octanol–water partition coefficient (Wildman–Crippen LogP) is 5.43. The summed E-state index contributed by atoms with van der Waals surface area (Å²) in [6, 6.07) is 20.8. The number of amides is 1. The molecule has 0 radical (unpaired) electrons. The van der Waals surface area contributed by atoms with Crippen LogP contribution in [0.1, 0.15) is 16.1 Å². The minimum absolute atomic E-state index is 0.0495. The lowest BCUT2D eigenvalue weighted by molar-refractivity contribution is -0.384. The number of hydrogen-bond donors (Lipinski definition) is 1. The van der Waals surface area contributed by atoms with Crippen LogP contribution in [-0.4, -0.2) is 17.0 Å². The second kappa shape index (κ2) is 8.18. The lowest BCUT2D eigenvalue weighted by atomic mass is 10.1. The number of nitrogens with one attached hydrogen (secondary N) is 1. The fourth-order valence-corrected chi connectivity index (χ4v) is 3.12. The van der Waals surface area contributed by atoms with E-state index >= 15 is 0 Å². The number of rotatable bonds is 5. The second-order valence-corrected chi connectivity index (χ2v) is 6.79. The van der Waals surface area contributed by atoms with Crippen LogP contribution in [0.5, 0.6) is 0 Å². The molecule has 1 aromatic heterocycles. The van der Waals surface area contributed by atoms with Crippen molar-refractivity contribution in [3.05, 3.63) is 99.3 Å². The van der Waals surface area contributed by atoms with Gasteiger partial charge in [0.15, 0.2) is 0 Å². The third-order valence-corrected chi connectivity index (χ3v) is 4.74. The Bertz CT molecular complexity index is 1300. The molecular formula is C22H14ClN3O4. The molecule has 0 aliphatic carbocycles. The first-order valence-corrected chi connectivity index (χ1v) is 9.25. The van der Waals surface area contributed by atoms with Gasteiger partial charge in [-0.2, -0.15) is 5.10 Å². The molecule has 4 aromatic rings. The summed E-state index contributed by atoms with van der Waals surface area (Å²) in [4.78, 5) is 22.8. The molecular weight excluding hydrogens is 406 g/mol. The normalized spacial score (nSPS) is 11.1. The zero-order chi connectivity index (χ0) is 21.1. The van der Waals surface area contributed by atoms with Crippen LogP contribution in [-0.2, 0) is 0 Å². The first-order valence-electron chi connectivity index (χ1n) is 8.87. The Balaban J connectivity index is 1.46. The van der Waals surface area contributed by atoms with Crippen molar-refractivity contribution >= 4 is 40.2 Å². The maximum absolute atomic E-state index is 12.3. The molecule has 3 aromatic carbocycles. The van der Waals surface area contributed by atoms with E-state index in [1.807, 2.05) is 30.3 Å². The van der Waals surface area contributed by atoms with Gasteiger partial charge in [-0.25, -0.2) is 5.43 Å². The van der Waals surface area contributed by atoms with Crippen LogP contribution in [0.15, 0.2) is 82.3 Å². The van der Waals surface area contributed by atoms with E-state index in [1.165, 1.54) is 18.3 Å². The van der Waals surface area contributed by atoms with E-state index in [9.17, 15) is 14.9 Å². The number of nitro groups is 1. The molecule has 7 nitrogen and oxygen atoms in total. The number of halogens is 1. The fourth-order valence-electron chi connectivity index (χ4n) is 2.93. The third-order valence-electron chi connectivity index (χ3n) is 4.42. The van der Waals surface area contributed by atoms with E-state index in [0.29, 0.717) is 22.6 Å². The van der Waals surface area contributed by atoms with E-state index in [-0.39, 0.29) is 16.6 Å². The predicted molar refractivity (Wildman–Crippen MR) is 115 cm³/mol. The van der Waals surface area contributed by atoms with Crippen LogP contribution in [0.25, 0.3) is 22.1 Å². The molecule has 148 valence electrons. The molecule has 4 rings (SSSR count). The number of hydrazone groups is 1. The largest absolute Gasteiger partial charge is 0.455 e. The average molecular weight is 420 g/mol. The number of fused-ring (bicyclic) bond motifs is 1. The lowest BCUT2D eigenvalue weighted by Gasteiger charge is -2.02. The van der Waals surface area contributed by atoms with Crippen LogP contribution < -0.4 is 5.43 Å². The summed E-state index contributed by atoms with van der Waals surface area (Å²) in [5, 5.41) is 17.0. The molecule has 0 aliphatic heterocycles. The quantitative estimate of drug-likeness (QED) is 0.265. The van der Waals surface area contributed by atoms with Gasteiger partial charge >= 0.3 is 0 Å². The Kier molecular flexibility index (Phi) is 5.28. The van der Waals surface area contributed by atoms with Gasteiger partial charge in [0.05, 0.1) is 11.1 Å². The summed E-state index contributed by atoms with van der Waals surface area (Å²) in [6.45, 7) is 0. The van der Waals surface area contributed by atoms with Gasteiger partial charge in [-0.05, 0) is 47.2 Å². The topological polar surface area (TPSA) is 97.7 Å². The highest BCUT2D eigenvalue weighted by molar-refractivity contribution is 6.32. The maximum Gasteiger partial charge on any atom is 0.288 e. The van der Waals surface area contributed by atoms with Crippen molar-refractivity contribution in [3.8, 4) is 11.3 Å². The Morgan fingerprint density at radius 1 is 1.03 bits per heavy atom. The van der Waals surface area contributed by atoms with Gasteiger partial charge < -0.3 is 4.42 Å². The summed E-state index contributed by atoms with van der Waals surface area (Å²) in [5.41, 5.74) is 3.24. The summed E-state index contributed by atoms with van der Waals surface area (Å²) in [6.07, 6.45) is 1.35. The molecule has 0 unspecified atom stereocenters. The zero-order valence-electron chi connectivity index (χ0n) is 15.4. The number of nitro benzene ring substituents is 1. The molecule has 1 amide bonds. The molecule has 0 saturated carbocycles. The second-order valence-electron chi connectivity index (χ2n) is 6.39. The standard InChI is InChI=1S/C22H14ClN3O4/c23-19-9-7-16(12-20(19)26(28)29)21-10-8-18(30-21)13-24-25-22(27)17-6-5-14-3-1-2-4-15(14)11-17/h1-13H,(H,25,27)/b24-13-. The smallest absolute Gasteiger partial charge is 0.288 e. The van der Waals surface area contributed by atoms with E-state index in [0.717, 1.165) is 10.8 Å². The minimum atomic E-state index is -0.556. The Labute approximate surface area is 175 Å². The number of carbonyl (C=O) groups is 1. The number of nitrogens with zero attached hydrogens (tertiary/aromatic N) is 2. The van der Waals surface area contributed by atoms with Crippen molar-refractivity contribution in [2.24, 2.45) is 5.10 Å². The molecule has 0 aliphatic rings. The van der Waals surface area contributed by atoms with Crippen molar-refractivity contribution in [3.63, 3.8) is 0 Å². The Morgan fingerprint density at radius 3 is 2.63 bits per heavy atom. The molecule has 0 fully saturated rings. The highest BCUT2D eigenvalue weighted by atomic mass is 35.5. The van der Waals surface area contributed by atoms with Crippen LogP contribution in [0.2, 0.25) is 5.02 Å². The van der Waals surface area contributed by atoms with Gasteiger partial charge in [0.2, 0.25) is 0 Å². The Morgan fingerprint density at radius 2 is 1.83 bits per heavy atom.